The van der Waals surface area contributed by atoms with E-state index in [0.29, 0.717) is 5.57 Å². The lowest BCUT2D eigenvalue weighted by molar-refractivity contribution is -0.907. The summed E-state index contributed by atoms with van der Waals surface area (Å²) < 4.78 is 12.4. The number of ether oxygens (including phenoxy) is 2. The van der Waals surface area contributed by atoms with Crippen molar-refractivity contribution < 1.29 is 31.2 Å². The number of hydrogen-bond donors (Lipinski definition) is 1. The minimum absolute atomic E-state index is 0. The molecule has 0 unspecified atom stereocenters. The van der Waals surface area contributed by atoms with Crippen LogP contribution in [-0.4, -0.2) is 50.9 Å². The second-order valence-corrected chi connectivity index (χ2v) is 10.1. The molecule has 6 heteroatoms. The van der Waals surface area contributed by atoms with Gasteiger partial charge >= 0.3 is 0 Å². The summed E-state index contributed by atoms with van der Waals surface area (Å²) in [5.74, 6) is 1.43. The number of fused-ring (bicyclic) bond motifs is 3. The zero-order chi connectivity index (χ0) is 23.5. The largest absolute Gasteiger partial charge is 1.00 e. The molecule has 2 heterocycles. The molecular formula is C29H33ClN2O3. The van der Waals surface area contributed by atoms with E-state index in [2.05, 4.69) is 49.7 Å². The molecule has 1 fully saturated rings. The van der Waals surface area contributed by atoms with Crippen molar-refractivity contribution in [3.8, 4) is 5.75 Å². The van der Waals surface area contributed by atoms with Gasteiger partial charge in [-0.15, -0.1) is 0 Å². The molecule has 5 rings (SSSR count). The van der Waals surface area contributed by atoms with E-state index >= 15 is 0 Å². The van der Waals surface area contributed by atoms with Crippen molar-refractivity contribution in [3.63, 3.8) is 0 Å². The average Bonchev–Trinajstić information content (AvgIpc) is 2.85. The first-order valence-electron chi connectivity index (χ1n) is 12.1. The van der Waals surface area contributed by atoms with Crippen LogP contribution in [0.15, 0.2) is 66.2 Å². The molecule has 3 aromatic rings. The molecule has 0 aliphatic carbocycles. The third kappa shape index (κ3) is 6.04. The van der Waals surface area contributed by atoms with Gasteiger partial charge in [-0.1, -0.05) is 42.5 Å². The van der Waals surface area contributed by atoms with Gasteiger partial charge < -0.3 is 31.7 Å². The lowest BCUT2D eigenvalue weighted by Crippen LogP contribution is -3.00. The van der Waals surface area contributed by atoms with Gasteiger partial charge in [-0.2, -0.15) is 0 Å². The fourth-order valence-corrected chi connectivity index (χ4v) is 5.14. The van der Waals surface area contributed by atoms with Gasteiger partial charge in [0.2, 0.25) is 0 Å². The highest BCUT2D eigenvalue weighted by atomic mass is 35.5. The normalized spacial score (nSPS) is 16.0. The number of hydrogen-bond acceptors (Lipinski definition) is 3. The Kier molecular flexibility index (Phi) is 7.80. The van der Waals surface area contributed by atoms with Gasteiger partial charge in [-0.25, -0.2) is 0 Å². The van der Waals surface area contributed by atoms with Gasteiger partial charge in [0.1, 0.15) is 18.9 Å². The van der Waals surface area contributed by atoms with Crippen LogP contribution < -0.4 is 22.5 Å². The summed E-state index contributed by atoms with van der Waals surface area (Å²) in [6.45, 7) is 4.18. The first-order valence-corrected chi connectivity index (χ1v) is 12.1. The minimum Gasteiger partial charge on any atom is -1.00 e. The lowest BCUT2D eigenvalue weighted by atomic mass is 9.98. The van der Waals surface area contributed by atoms with Crippen LogP contribution in [0.25, 0.3) is 16.8 Å². The van der Waals surface area contributed by atoms with Gasteiger partial charge in [0.05, 0.1) is 26.2 Å². The number of rotatable bonds is 6. The summed E-state index contributed by atoms with van der Waals surface area (Å²) >= 11 is 0. The number of carbonyl (C=O) groups excluding carboxylic acids is 1. The molecule has 0 aromatic heterocycles. The van der Waals surface area contributed by atoms with E-state index < -0.39 is 0 Å². The predicted molar refractivity (Wildman–Crippen MR) is 137 cm³/mol. The van der Waals surface area contributed by atoms with Gasteiger partial charge in [0.25, 0.3) is 5.91 Å². The maximum Gasteiger partial charge on any atom is 0.255 e. The third-order valence-corrected chi connectivity index (χ3v) is 6.84. The van der Waals surface area contributed by atoms with E-state index in [1.165, 1.54) is 5.56 Å². The molecule has 1 saturated heterocycles. The Hall–Kier alpha value is -2.86. The summed E-state index contributed by atoms with van der Waals surface area (Å²) in [6, 6.07) is 20.4. The Balaban J connectivity index is 0.00000289. The Morgan fingerprint density at radius 3 is 2.51 bits per heavy atom. The molecule has 0 spiro atoms. The quantitative estimate of drug-likeness (QED) is 0.537. The summed E-state index contributed by atoms with van der Waals surface area (Å²) in [6.07, 6.45) is 4.28. The molecule has 2 aliphatic heterocycles. The van der Waals surface area contributed by atoms with Crippen molar-refractivity contribution in [2.24, 2.45) is 5.92 Å². The molecule has 0 bridgehead atoms. The van der Waals surface area contributed by atoms with E-state index in [9.17, 15) is 4.79 Å². The average molecular weight is 493 g/mol. The van der Waals surface area contributed by atoms with Crippen LogP contribution in [0, 0.1) is 5.92 Å². The molecule has 0 saturated carbocycles. The number of carbonyl (C=O) groups is 1. The number of nitrogens with zero attached hydrogens (tertiary/aromatic N) is 1. The van der Waals surface area contributed by atoms with Gasteiger partial charge in [0.15, 0.2) is 0 Å². The first kappa shape index (κ1) is 25.2. The van der Waals surface area contributed by atoms with E-state index in [4.69, 9.17) is 9.47 Å². The molecule has 3 aromatic carbocycles. The molecule has 0 atom stereocenters. The Morgan fingerprint density at radius 1 is 1.00 bits per heavy atom. The van der Waals surface area contributed by atoms with Crippen LogP contribution in [0.5, 0.6) is 5.75 Å². The standard InChI is InChI=1S/C29H32N2O3.ClH/c1-31(2,19-22-13-15-33-16-14-22)18-21-7-10-25(11-8-21)30-29(32)24-17-27-26-6-4-3-5-23(26)9-12-28(27)34-20-24;/h3-12,17,22H,13-16,18-20H2,1-2H3;1H. The van der Waals surface area contributed by atoms with Gasteiger partial charge in [-0.05, 0) is 47.9 Å². The second kappa shape index (κ2) is 10.8. The topological polar surface area (TPSA) is 47.6 Å². The molecule has 0 radical (unpaired) electrons. The maximum absolute atomic E-state index is 13.0. The lowest BCUT2D eigenvalue weighted by Gasteiger charge is -2.35. The van der Waals surface area contributed by atoms with Crippen molar-refractivity contribution >= 4 is 28.4 Å². The van der Waals surface area contributed by atoms with E-state index in [1.54, 1.807) is 0 Å². The van der Waals surface area contributed by atoms with Crippen molar-refractivity contribution in [1.29, 1.82) is 0 Å². The van der Waals surface area contributed by atoms with Crippen molar-refractivity contribution in [1.82, 2.24) is 0 Å². The number of anilines is 1. The van der Waals surface area contributed by atoms with Crippen LogP contribution in [0.1, 0.15) is 24.0 Å². The van der Waals surface area contributed by atoms with Crippen molar-refractivity contribution in [3.05, 3.63) is 77.4 Å². The minimum atomic E-state index is -0.123. The number of halogens is 1. The molecule has 1 amide bonds. The zero-order valence-electron chi connectivity index (χ0n) is 20.4. The highest BCUT2D eigenvalue weighted by Crippen LogP contribution is 2.33. The van der Waals surface area contributed by atoms with Crippen LogP contribution in [-0.2, 0) is 16.1 Å². The van der Waals surface area contributed by atoms with Crippen LogP contribution in [0.2, 0.25) is 0 Å². The van der Waals surface area contributed by atoms with Crippen molar-refractivity contribution in [2.45, 2.75) is 19.4 Å². The van der Waals surface area contributed by atoms with E-state index in [1.807, 2.05) is 36.4 Å². The summed E-state index contributed by atoms with van der Waals surface area (Å²) in [5.41, 5.74) is 3.67. The van der Waals surface area contributed by atoms with E-state index in [0.717, 1.165) is 77.3 Å². The molecule has 1 N–H and O–H groups in total. The van der Waals surface area contributed by atoms with Crippen LogP contribution in [0.3, 0.4) is 0 Å². The highest BCUT2D eigenvalue weighted by molar-refractivity contribution is 6.09. The Labute approximate surface area is 213 Å². The molecule has 2 aliphatic rings. The summed E-state index contributed by atoms with van der Waals surface area (Å²) in [5, 5.41) is 5.27. The summed E-state index contributed by atoms with van der Waals surface area (Å²) in [4.78, 5) is 13.0. The fraction of sp³-hybridized carbons (Fsp3) is 0.345. The maximum atomic E-state index is 13.0. The monoisotopic (exact) mass is 492 g/mol. The van der Waals surface area contributed by atoms with Crippen LogP contribution >= 0.6 is 0 Å². The van der Waals surface area contributed by atoms with Crippen LogP contribution in [0.4, 0.5) is 5.69 Å². The fourth-order valence-electron chi connectivity index (χ4n) is 5.14. The first-order chi connectivity index (χ1) is 16.5. The van der Waals surface area contributed by atoms with Gasteiger partial charge in [-0.3, -0.25) is 4.79 Å². The number of quaternary nitrogens is 1. The second-order valence-electron chi connectivity index (χ2n) is 10.1. The number of amides is 1. The van der Waals surface area contributed by atoms with Gasteiger partial charge in [0, 0.05) is 35.9 Å². The predicted octanol–water partition coefficient (Wildman–Crippen LogP) is 2.26. The molecular weight excluding hydrogens is 460 g/mol. The number of nitrogens with one attached hydrogen (secondary N) is 1. The Morgan fingerprint density at radius 2 is 1.74 bits per heavy atom. The third-order valence-electron chi connectivity index (χ3n) is 6.84. The zero-order valence-corrected chi connectivity index (χ0v) is 21.2. The molecule has 35 heavy (non-hydrogen) atoms. The summed E-state index contributed by atoms with van der Waals surface area (Å²) in [7, 11) is 4.59. The Bertz CT molecular complexity index is 1210. The smallest absolute Gasteiger partial charge is 0.255 e. The SMILES string of the molecule is C[N+](C)(Cc1ccc(NC(=O)C2=Cc3c(ccc4ccccc34)OC2)cc1)CC1CCOCC1.[Cl-]. The van der Waals surface area contributed by atoms with Crippen molar-refractivity contribution in [2.75, 3.05) is 45.8 Å². The molecule has 5 nitrogen and oxygen atoms in total. The number of benzene rings is 3. The highest BCUT2D eigenvalue weighted by Gasteiger charge is 2.24. The molecule has 184 valence electrons. The van der Waals surface area contributed by atoms with E-state index in [-0.39, 0.29) is 24.9 Å².